The van der Waals surface area contributed by atoms with Crippen molar-refractivity contribution >= 4 is 6.09 Å². The van der Waals surface area contributed by atoms with Gasteiger partial charge in [-0.05, 0) is 52.6 Å². The molecule has 22 heavy (non-hydrogen) atoms. The van der Waals surface area contributed by atoms with E-state index in [2.05, 4.69) is 4.90 Å². The quantitative estimate of drug-likeness (QED) is 0.841. The normalized spacial score (nSPS) is 22.2. The van der Waals surface area contributed by atoms with E-state index in [1.54, 1.807) is 17.0 Å². The molecule has 0 saturated carbocycles. The van der Waals surface area contributed by atoms with E-state index in [9.17, 15) is 9.18 Å². The zero-order valence-corrected chi connectivity index (χ0v) is 14.0. The predicted molar refractivity (Wildman–Crippen MR) is 84.4 cm³/mol. The first kappa shape index (κ1) is 16.7. The summed E-state index contributed by atoms with van der Waals surface area (Å²) in [6.45, 7) is 6.79. The van der Waals surface area contributed by atoms with Crippen molar-refractivity contribution in [2.24, 2.45) is 0 Å². The van der Waals surface area contributed by atoms with Crippen molar-refractivity contribution in [2.75, 3.05) is 27.2 Å². The maximum absolute atomic E-state index is 13.1. The summed E-state index contributed by atoms with van der Waals surface area (Å²) < 4.78 is 18.6. The van der Waals surface area contributed by atoms with Gasteiger partial charge in [0.15, 0.2) is 0 Å². The van der Waals surface area contributed by atoms with Gasteiger partial charge in [-0.25, -0.2) is 9.18 Å². The van der Waals surface area contributed by atoms with Crippen LogP contribution in [0.2, 0.25) is 0 Å². The van der Waals surface area contributed by atoms with Gasteiger partial charge in [0.1, 0.15) is 11.4 Å². The van der Waals surface area contributed by atoms with Crippen LogP contribution in [0, 0.1) is 5.82 Å². The van der Waals surface area contributed by atoms with Crippen LogP contribution in [0.25, 0.3) is 0 Å². The highest BCUT2D eigenvalue weighted by atomic mass is 19.1. The minimum Gasteiger partial charge on any atom is -0.444 e. The summed E-state index contributed by atoms with van der Waals surface area (Å²) in [5, 5.41) is 0. The highest BCUT2D eigenvalue weighted by Gasteiger charge is 2.38. The molecule has 4 nitrogen and oxygen atoms in total. The number of likely N-dealkylation sites (tertiary alicyclic amines) is 1. The van der Waals surface area contributed by atoms with Crippen LogP contribution in [-0.4, -0.2) is 54.7 Å². The van der Waals surface area contributed by atoms with Gasteiger partial charge in [0.2, 0.25) is 0 Å². The summed E-state index contributed by atoms with van der Waals surface area (Å²) in [6.07, 6.45) is -0.288. The average Bonchev–Trinajstić information content (AvgIpc) is 2.83. The van der Waals surface area contributed by atoms with Gasteiger partial charge in [-0.15, -0.1) is 0 Å². The van der Waals surface area contributed by atoms with Crippen LogP contribution >= 0.6 is 0 Å². The SMILES string of the molecule is CN(C)C1CN(C(=O)OC(C)(C)C)CC1c1ccc(F)cc1. The lowest BCUT2D eigenvalue weighted by Crippen LogP contribution is -2.38. The lowest BCUT2D eigenvalue weighted by atomic mass is 9.94. The Balaban J connectivity index is 2.16. The summed E-state index contributed by atoms with van der Waals surface area (Å²) in [7, 11) is 4.00. The van der Waals surface area contributed by atoms with Gasteiger partial charge < -0.3 is 14.5 Å². The molecule has 1 amide bonds. The fourth-order valence-electron chi connectivity index (χ4n) is 2.82. The maximum atomic E-state index is 13.1. The Morgan fingerprint density at radius 1 is 1.23 bits per heavy atom. The molecule has 1 aromatic carbocycles. The van der Waals surface area contributed by atoms with Crippen molar-refractivity contribution in [1.29, 1.82) is 0 Å². The fraction of sp³-hybridized carbons (Fsp3) is 0.588. The summed E-state index contributed by atoms with van der Waals surface area (Å²) in [6, 6.07) is 6.73. The van der Waals surface area contributed by atoms with Crippen LogP contribution < -0.4 is 0 Å². The number of benzene rings is 1. The Bertz CT molecular complexity index is 522. The van der Waals surface area contributed by atoms with Crippen LogP contribution in [0.15, 0.2) is 24.3 Å². The van der Waals surface area contributed by atoms with Crippen LogP contribution in [0.5, 0.6) is 0 Å². The molecule has 1 heterocycles. The van der Waals surface area contributed by atoms with Gasteiger partial charge in [-0.3, -0.25) is 0 Å². The molecular weight excluding hydrogens is 283 g/mol. The van der Waals surface area contributed by atoms with E-state index in [-0.39, 0.29) is 23.9 Å². The van der Waals surface area contributed by atoms with Crippen molar-refractivity contribution in [3.63, 3.8) is 0 Å². The molecule has 1 aliphatic heterocycles. The first-order valence-electron chi connectivity index (χ1n) is 7.57. The molecule has 0 N–H and O–H groups in total. The summed E-state index contributed by atoms with van der Waals surface area (Å²) in [5.41, 5.74) is 0.546. The zero-order chi connectivity index (χ0) is 16.5. The second kappa shape index (κ2) is 6.24. The van der Waals surface area contributed by atoms with Gasteiger partial charge in [0.25, 0.3) is 0 Å². The third-order valence-corrected chi connectivity index (χ3v) is 3.90. The van der Waals surface area contributed by atoms with E-state index in [0.29, 0.717) is 13.1 Å². The highest BCUT2D eigenvalue weighted by molar-refractivity contribution is 5.69. The van der Waals surface area contributed by atoms with E-state index >= 15 is 0 Å². The number of rotatable bonds is 2. The molecule has 0 bridgehead atoms. The largest absolute Gasteiger partial charge is 0.444 e. The number of ether oxygens (including phenoxy) is 1. The Kier molecular flexibility index (Phi) is 4.75. The Morgan fingerprint density at radius 2 is 1.82 bits per heavy atom. The molecule has 2 unspecified atom stereocenters. The van der Waals surface area contributed by atoms with E-state index < -0.39 is 5.60 Å². The molecule has 1 aliphatic rings. The number of amides is 1. The van der Waals surface area contributed by atoms with Crippen LogP contribution in [0.1, 0.15) is 32.3 Å². The molecule has 2 rings (SSSR count). The average molecular weight is 308 g/mol. The van der Waals surface area contributed by atoms with E-state index in [0.717, 1.165) is 5.56 Å². The van der Waals surface area contributed by atoms with Gasteiger partial charge in [0, 0.05) is 25.0 Å². The first-order valence-corrected chi connectivity index (χ1v) is 7.57. The highest BCUT2D eigenvalue weighted by Crippen LogP contribution is 2.31. The number of hydrogen-bond acceptors (Lipinski definition) is 3. The molecule has 1 saturated heterocycles. The second-order valence-electron chi connectivity index (χ2n) is 7.07. The van der Waals surface area contributed by atoms with Gasteiger partial charge >= 0.3 is 6.09 Å². The molecule has 1 aromatic rings. The fourth-order valence-corrected chi connectivity index (χ4v) is 2.82. The van der Waals surface area contributed by atoms with Crippen molar-refractivity contribution in [1.82, 2.24) is 9.80 Å². The van der Waals surface area contributed by atoms with E-state index in [1.807, 2.05) is 34.9 Å². The van der Waals surface area contributed by atoms with Gasteiger partial charge in [0.05, 0.1) is 0 Å². The Morgan fingerprint density at radius 3 is 2.32 bits per heavy atom. The molecule has 0 radical (unpaired) electrons. The van der Waals surface area contributed by atoms with Crippen molar-refractivity contribution < 1.29 is 13.9 Å². The second-order valence-corrected chi connectivity index (χ2v) is 7.07. The van der Waals surface area contributed by atoms with Crippen molar-refractivity contribution in [3.05, 3.63) is 35.6 Å². The maximum Gasteiger partial charge on any atom is 0.410 e. The number of carbonyl (C=O) groups is 1. The molecule has 5 heteroatoms. The smallest absolute Gasteiger partial charge is 0.410 e. The predicted octanol–water partition coefficient (Wildman–Crippen LogP) is 3.09. The molecule has 0 aromatic heterocycles. The third kappa shape index (κ3) is 3.97. The molecule has 2 atom stereocenters. The standard InChI is InChI=1S/C17H25FN2O2/c1-17(2,3)22-16(21)20-10-14(15(11-20)19(4)5)12-6-8-13(18)9-7-12/h6-9,14-15H,10-11H2,1-5H3. The van der Waals surface area contributed by atoms with Crippen LogP contribution in [0.4, 0.5) is 9.18 Å². The van der Waals surface area contributed by atoms with E-state index in [1.165, 1.54) is 12.1 Å². The molecule has 0 spiro atoms. The molecular formula is C17H25FN2O2. The first-order chi connectivity index (χ1) is 10.2. The monoisotopic (exact) mass is 308 g/mol. The number of likely N-dealkylation sites (N-methyl/N-ethyl adjacent to an activating group) is 1. The topological polar surface area (TPSA) is 32.8 Å². The summed E-state index contributed by atoms with van der Waals surface area (Å²) in [4.78, 5) is 16.1. The number of carbonyl (C=O) groups excluding carboxylic acids is 1. The van der Waals surface area contributed by atoms with Gasteiger partial charge in [-0.1, -0.05) is 12.1 Å². The van der Waals surface area contributed by atoms with Crippen molar-refractivity contribution in [3.8, 4) is 0 Å². The lowest BCUT2D eigenvalue weighted by molar-refractivity contribution is 0.0283. The Labute approximate surface area is 131 Å². The minimum atomic E-state index is -0.501. The number of halogens is 1. The summed E-state index contributed by atoms with van der Waals surface area (Å²) >= 11 is 0. The molecule has 0 aliphatic carbocycles. The minimum absolute atomic E-state index is 0.156. The summed E-state index contributed by atoms with van der Waals surface area (Å²) in [5.74, 6) is -0.0877. The third-order valence-electron chi connectivity index (χ3n) is 3.90. The molecule has 1 fully saturated rings. The van der Waals surface area contributed by atoms with E-state index in [4.69, 9.17) is 4.74 Å². The number of nitrogens with zero attached hydrogens (tertiary/aromatic N) is 2. The van der Waals surface area contributed by atoms with Gasteiger partial charge in [-0.2, -0.15) is 0 Å². The molecule has 122 valence electrons. The lowest BCUT2D eigenvalue weighted by Gasteiger charge is -2.25. The zero-order valence-electron chi connectivity index (χ0n) is 14.0. The Hall–Kier alpha value is -1.62. The number of hydrogen-bond donors (Lipinski definition) is 0. The van der Waals surface area contributed by atoms with Crippen LogP contribution in [-0.2, 0) is 4.74 Å². The van der Waals surface area contributed by atoms with Crippen LogP contribution in [0.3, 0.4) is 0 Å². The van der Waals surface area contributed by atoms with Crippen molar-refractivity contribution in [2.45, 2.75) is 38.3 Å².